The number of rotatable bonds is 12. The Labute approximate surface area is 167 Å². The zero-order valence-corrected chi connectivity index (χ0v) is 17.0. The largest absolute Gasteiger partial charge is 0.467 e. The highest BCUT2D eigenvalue weighted by Gasteiger charge is 2.27. The highest BCUT2D eigenvalue weighted by Crippen LogP contribution is 2.07. The van der Waals surface area contributed by atoms with Crippen molar-refractivity contribution in [2.24, 2.45) is 0 Å². The normalized spacial score (nSPS) is 12.5. The number of hydrogen-bond acceptors (Lipinski definition) is 5. The molecule has 1 aromatic rings. The highest BCUT2D eigenvalue weighted by atomic mass is 16.5. The molecule has 28 heavy (non-hydrogen) atoms. The van der Waals surface area contributed by atoms with Crippen LogP contribution >= 0.6 is 0 Å². The van der Waals surface area contributed by atoms with Crippen molar-refractivity contribution in [3.8, 4) is 0 Å². The molecule has 0 aromatic heterocycles. The van der Waals surface area contributed by atoms with Crippen molar-refractivity contribution < 1.29 is 23.9 Å². The smallest absolute Gasteiger partial charge is 0.408 e. The maximum atomic E-state index is 12.7. The lowest BCUT2D eigenvalue weighted by molar-refractivity contribution is -0.145. The van der Waals surface area contributed by atoms with Crippen LogP contribution in [-0.2, 0) is 25.7 Å². The van der Waals surface area contributed by atoms with Crippen molar-refractivity contribution in [1.82, 2.24) is 10.6 Å². The molecule has 7 nitrogen and oxygen atoms in total. The van der Waals surface area contributed by atoms with E-state index in [9.17, 15) is 14.4 Å². The Hall–Kier alpha value is -2.57. The number of esters is 1. The number of ether oxygens (including phenoxy) is 2. The number of unbranched alkanes of at least 4 members (excludes halogenated alkanes) is 2. The maximum Gasteiger partial charge on any atom is 0.408 e. The molecular weight excluding hydrogens is 360 g/mol. The van der Waals surface area contributed by atoms with Crippen LogP contribution in [0.15, 0.2) is 30.3 Å². The summed E-state index contributed by atoms with van der Waals surface area (Å²) in [7, 11) is 1.29. The van der Waals surface area contributed by atoms with E-state index in [4.69, 9.17) is 9.47 Å². The summed E-state index contributed by atoms with van der Waals surface area (Å²) in [5.74, 6) is -0.890. The van der Waals surface area contributed by atoms with Gasteiger partial charge >= 0.3 is 12.1 Å². The first-order valence-corrected chi connectivity index (χ1v) is 9.87. The predicted molar refractivity (Wildman–Crippen MR) is 107 cm³/mol. The van der Waals surface area contributed by atoms with Crippen molar-refractivity contribution in [3.05, 3.63) is 35.9 Å². The van der Waals surface area contributed by atoms with Crippen LogP contribution in [0.1, 0.15) is 57.9 Å². The Kier molecular flexibility index (Phi) is 11.4. The molecule has 0 radical (unpaired) electrons. The summed E-state index contributed by atoms with van der Waals surface area (Å²) >= 11 is 0. The summed E-state index contributed by atoms with van der Waals surface area (Å²) < 4.78 is 9.98. The van der Waals surface area contributed by atoms with Gasteiger partial charge in [-0.2, -0.15) is 0 Å². The molecular formula is C21H32N2O5. The number of nitrogens with one attached hydrogen (secondary N) is 2. The van der Waals surface area contributed by atoms with E-state index in [2.05, 4.69) is 10.6 Å². The summed E-state index contributed by atoms with van der Waals surface area (Å²) in [6.45, 7) is 4.13. The fraction of sp³-hybridized carbons (Fsp3) is 0.571. The second-order valence-electron chi connectivity index (χ2n) is 6.63. The molecule has 2 unspecified atom stereocenters. The minimum Gasteiger partial charge on any atom is -0.467 e. The SMILES string of the molecule is CCCCC(NC(=O)OCc1ccccc1)C(=O)NC(CCCC)C(=O)OC. The molecule has 0 saturated heterocycles. The van der Waals surface area contributed by atoms with E-state index in [-0.39, 0.29) is 6.61 Å². The Morgan fingerprint density at radius 3 is 2.11 bits per heavy atom. The van der Waals surface area contributed by atoms with Crippen molar-refractivity contribution in [3.63, 3.8) is 0 Å². The second kappa shape index (κ2) is 13.6. The van der Waals surface area contributed by atoms with Gasteiger partial charge in [-0.1, -0.05) is 69.9 Å². The van der Waals surface area contributed by atoms with E-state index in [0.29, 0.717) is 12.8 Å². The van der Waals surface area contributed by atoms with Crippen LogP contribution in [-0.4, -0.2) is 37.2 Å². The number of alkyl carbamates (subject to hydrolysis) is 1. The van der Waals surface area contributed by atoms with Gasteiger partial charge in [0, 0.05) is 0 Å². The fourth-order valence-electron chi connectivity index (χ4n) is 2.66. The Balaban J connectivity index is 2.66. The Morgan fingerprint density at radius 1 is 0.929 bits per heavy atom. The van der Waals surface area contributed by atoms with E-state index < -0.39 is 30.1 Å². The summed E-state index contributed by atoms with van der Waals surface area (Å²) in [5.41, 5.74) is 0.859. The van der Waals surface area contributed by atoms with Gasteiger partial charge in [-0.25, -0.2) is 9.59 Å². The zero-order valence-electron chi connectivity index (χ0n) is 17.0. The van der Waals surface area contributed by atoms with Crippen LogP contribution in [0.2, 0.25) is 0 Å². The van der Waals surface area contributed by atoms with Gasteiger partial charge in [-0.05, 0) is 18.4 Å². The van der Waals surface area contributed by atoms with Gasteiger partial charge in [0.1, 0.15) is 18.7 Å². The Bertz CT molecular complexity index is 606. The number of hydrogen-bond donors (Lipinski definition) is 2. The summed E-state index contributed by atoms with van der Waals surface area (Å²) in [5, 5.41) is 5.32. The molecule has 156 valence electrons. The fourth-order valence-corrected chi connectivity index (χ4v) is 2.66. The molecule has 0 aliphatic rings. The molecule has 7 heteroatoms. The predicted octanol–water partition coefficient (Wildman–Crippen LogP) is 3.32. The molecule has 0 spiro atoms. The van der Waals surface area contributed by atoms with Crippen molar-refractivity contribution >= 4 is 18.0 Å². The van der Waals surface area contributed by atoms with Crippen molar-refractivity contribution in [2.75, 3.05) is 7.11 Å². The van der Waals surface area contributed by atoms with Crippen LogP contribution in [0.5, 0.6) is 0 Å². The molecule has 2 N–H and O–H groups in total. The highest BCUT2D eigenvalue weighted by molar-refractivity contribution is 5.89. The standard InChI is InChI=1S/C21H32N2O5/c1-4-6-13-17(19(24)22-18(14-7-5-2)20(25)27-3)23-21(26)28-15-16-11-9-8-10-12-16/h8-12,17-18H,4-7,13-15H2,1-3H3,(H,22,24)(H,23,26). The van der Waals surface area contributed by atoms with E-state index in [1.807, 2.05) is 44.2 Å². The van der Waals surface area contributed by atoms with Gasteiger partial charge < -0.3 is 20.1 Å². The first kappa shape index (κ1) is 23.5. The van der Waals surface area contributed by atoms with E-state index in [1.165, 1.54) is 7.11 Å². The molecule has 1 aromatic carbocycles. The third kappa shape index (κ3) is 8.88. The van der Waals surface area contributed by atoms with E-state index in [1.54, 1.807) is 0 Å². The summed E-state index contributed by atoms with van der Waals surface area (Å²) in [6.07, 6.45) is 3.61. The number of benzene rings is 1. The third-order valence-corrected chi connectivity index (χ3v) is 4.32. The molecule has 0 aliphatic heterocycles. The van der Waals surface area contributed by atoms with Gasteiger partial charge in [0.05, 0.1) is 7.11 Å². The molecule has 0 fully saturated rings. The van der Waals surface area contributed by atoms with Crippen LogP contribution in [0.25, 0.3) is 0 Å². The van der Waals surface area contributed by atoms with Crippen molar-refractivity contribution in [2.45, 2.75) is 71.1 Å². The number of carbonyl (C=O) groups is 3. The molecule has 2 atom stereocenters. The van der Waals surface area contributed by atoms with Gasteiger partial charge in [0.15, 0.2) is 0 Å². The first-order chi connectivity index (χ1) is 13.5. The number of methoxy groups -OCH3 is 1. The lowest BCUT2D eigenvalue weighted by Crippen LogP contribution is -2.51. The van der Waals surface area contributed by atoms with E-state index in [0.717, 1.165) is 31.2 Å². The molecule has 0 bridgehead atoms. The molecule has 0 aliphatic carbocycles. The van der Waals surface area contributed by atoms with Gasteiger partial charge in [0.25, 0.3) is 0 Å². The summed E-state index contributed by atoms with van der Waals surface area (Å²) in [4.78, 5) is 36.7. The monoisotopic (exact) mass is 392 g/mol. The summed E-state index contributed by atoms with van der Waals surface area (Å²) in [6, 6.07) is 7.81. The molecule has 1 rings (SSSR count). The van der Waals surface area contributed by atoms with Crippen LogP contribution in [0.3, 0.4) is 0 Å². The van der Waals surface area contributed by atoms with Gasteiger partial charge in [-0.15, -0.1) is 0 Å². The van der Waals surface area contributed by atoms with Crippen LogP contribution in [0, 0.1) is 0 Å². The third-order valence-electron chi connectivity index (χ3n) is 4.32. The topological polar surface area (TPSA) is 93.7 Å². The van der Waals surface area contributed by atoms with Gasteiger partial charge in [0.2, 0.25) is 5.91 Å². The first-order valence-electron chi connectivity index (χ1n) is 9.87. The minimum absolute atomic E-state index is 0.121. The second-order valence-corrected chi connectivity index (χ2v) is 6.63. The molecule has 0 saturated carbocycles. The average Bonchev–Trinajstić information content (AvgIpc) is 2.72. The Morgan fingerprint density at radius 2 is 1.54 bits per heavy atom. The number of amides is 2. The maximum absolute atomic E-state index is 12.7. The minimum atomic E-state index is -0.767. The van der Waals surface area contributed by atoms with E-state index >= 15 is 0 Å². The lowest BCUT2D eigenvalue weighted by Gasteiger charge is -2.22. The molecule has 2 amide bonds. The molecule has 0 heterocycles. The number of carbonyl (C=O) groups excluding carboxylic acids is 3. The zero-order chi connectivity index (χ0) is 20.8. The lowest BCUT2D eigenvalue weighted by atomic mass is 10.1. The van der Waals surface area contributed by atoms with Crippen LogP contribution in [0.4, 0.5) is 4.79 Å². The quantitative estimate of drug-likeness (QED) is 0.532. The van der Waals surface area contributed by atoms with Crippen LogP contribution < -0.4 is 10.6 Å². The van der Waals surface area contributed by atoms with Gasteiger partial charge in [-0.3, -0.25) is 4.79 Å². The van der Waals surface area contributed by atoms with Crippen molar-refractivity contribution in [1.29, 1.82) is 0 Å². The average molecular weight is 392 g/mol.